The lowest BCUT2D eigenvalue weighted by Gasteiger charge is -2.30. The van der Waals surface area contributed by atoms with Crippen LogP contribution in [0.4, 0.5) is 10.5 Å². The number of nitrogens with zero attached hydrogens (tertiary/aromatic N) is 2. The maximum absolute atomic E-state index is 12.8. The van der Waals surface area contributed by atoms with E-state index in [0.29, 0.717) is 23.2 Å². The molecule has 0 radical (unpaired) electrons. The standard InChI is InChI=1S/C20H32ClN3O2/c1-4-6-10-23(3)13-18-15(5-2)12-24(19(18)14-25)20(26)22-17-9-7-8-16(21)11-17/h7-9,11,15,18-19,25H,4-6,10,12-14H2,1-3H3,(H,22,26)/t15-,18-,19-/m1/s1. The number of likely N-dealkylation sites (tertiary alicyclic amines) is 1. The smallest absolute Gasteiger partial charge is 0.322 e. The van der Waals surface area contributed by atoms with Gasteiger partial charge in [0.25, 0.3) is 0 Å². The third kappa shape index (κ3) is 5.35. The fraction of sp³-hybridized carbons (Fsp3) is 0.650. The molecule has 0 saturated carbocycles. The Morgan fingerprint density at radius 1 is 1.42 bits per heavy atom. The zero-order chi connectivity index (χ0) is 19.1. The second-order valence-corrected chi connectivity index (χ2v) is 7.73. The highest BCUT2D eigenvalue weighted by molar-refractivity contribution is 6.30. The van der Waals surface area contributed by atoms with E-state index >= 15 is 0 Å². The number of urea groups is 1. The van der Waals surface area contributed by atoms with Crippen LogP contribution >= 0.6 is 11.6 Å². The van der Waals surface area contributed by atoms with Gasteiger partial charge in [0.2, 0.25) is 0 Å². The first-order valence-corrected chi connectivity index (χ1v) is 10.0. The Labute approximate surface area is 162 Å². The Balaban J connectivity index is 2.07. The zero-order valence-electron chi connectivity index (χ0n) is 16.1. The van der Waals surface area contributed by atoms with Gasteiger partial charge in [-0.3, -0.25) is 0 Å². The van der Waals surface area contributed by atoms with Crippen LogP contribution in [0.2, 0.25) is 5.02 Å². The molecule has 1 aliphatic rings. The van der Waals surface area contributed by atoms with Gasteiger partial charge < -0.3 is 20.2 Å². The van der Waals surface area contributed by atoms with Crippen LogP contribution in [0.5, 0.6) is 0 Å². The average Bonchev–Trinajstić information content (AvgIpc) is 2.97. The quantitative estimate of drug-likeness (QED) is 0.717. The summed E-state index contributed by atoms with van der Waals surface area (Å²) in [7, 11) is 2.13. The van der Waals surface area contributed by atoms with Crippen LogP contribution in [0.25, 0.3) is 0 Å². The lowest BCUT2D eigenvalue weighted by Crippen LogP contribution is -2.44. The molecule has 0 spiro atoms. The van der Waals surface area contributed by atoms with Gasteiger partial charge in [-0.1, -0.05) is 44.4 Å². The Hall–Kier alpha value is -1.30. The fourth-order valence-corrected chi connectivity index (χ4v) is 4.07. The van der Waals surface area contributed by atoms with Gasteiger partial charge in [0.15, 0.2) is 0 Å². The van der Waals surface area contributed by atoms with Gasteiger partial charge in [-0.2, -0.15) is 0 Å². The van der Waals surface area contributed by atoms with Crippen LogP contribution in [0.1, 0.15) is 33.1 Å². The molecule has 0 aliphatic carbocycles. The van der Waals surface area contributed by atoms with Crippen LogP contribution in [-0.2, 0) is 0 Å². The number of hydrogen-bond acceptors (Lipinski definition) is 3. The van der Waals surface area contributed by atoms with Crippen molar-refractivity contribution in [3.63, 3.8) is 0 Å². The molecular formula is C20H32ClN3O2. The second kappa shape index (κ2) is 10.1. The summed E-state index contributed by atoms with van der Waals surface area (Å²) in [5, 5.41) is 13.5. The van der Waals surface area contributed by atoms with Crippen LogP contribution in [0.15, 0.2) is 24.3 Å². The van der Waals surface area contributed by atoms with Crippen molar-refractivity contribution in [3.05, 3.63) is 29.3 Å². The van der Waals surface area contributed by atoms with Crippen molar-refractivity contribution in [3.8, 4) is 0 Å². The molecule has 5 nitrogen and oxygen atoms in total. The summed E-state index contributed by atoms with van der Waals surface area (Å²) < 4.78 is 0. The molecule has 0 aromatic heterocycles. The molecule has 26 heavy (non-hydrogen) atoms. The van der Waals surface area contributed by atoms with Gasteiger partial charge >= 0.3 is 6.03 Å². The molecule has 1 heterocycles. The minimum absolute atomic E-state index is 0.00818. The molecule has 1 saturated heterocycles. The molecule has 3 atom stereocenters. The monoisotopic (exact) mass is 381 g/mol. The van der Waals surface area contributed by atoms with Gasteiger partial charge in [-0.15, -0.1) is 0 Å². The molecule has 1 aliphatic heterocycles. The topological polar surface area (TPSA) is 55.8 Å². The Morgan fingerprint density at radius 2 is 2.19 bits per heavy atom. The van der Waals surface area contributed by atoms with Gasteiger partial charge in [-0.25, -0.2) is 4.79 Å². The van der Waals surface area contributed by atoms with Gasteiger partial charge in [0.05, 0.1) is 12.6 Å². The zero-order valence-corrected chi connectivity index (χ0v) is 16.9. The summed E-state index contributed by atoms with van der Waals surface area (Å²) in [5.74, 6) is 0.693. The van der Waals surface area contributed by atoms with Gasteiger partial charge in [0.1, 0.15) is 0 Å². The lowest BCUT2D eigenvalue weighted by atomic mass is 9.88. The highest BCUT2D eigenvalue weighted by Gasteiger charge is 2.43. The number of hydrogen-bond donors (Lipinski definition) is 2. The molecule has 1 aromatic rings. The largest absolute Gasteiger partial charge is 0.394 e. The number of amides is 2. The molecule has 2 N–H and O–H groups in total. The van der Waals surface area contributed by atoms with Gasteiger partial charge in [0, 0.05) is 23.8 Å². The van der Waals surface area contributed by atoms with Crippen molar-refractivity contribution in [2.75, 3.05) is 38.6 Å². The van der Waals surface area contributed by atoms with Crippen molar-refractivity contribution in [1.29, 1.82) is 0 Å². The normalized spacial score (nSPS) is 22.8. The number of benzene rings is 1. The van der Waals surface area contributed by atoms with E-state index < -0.39 is 0 Å². The number of carbonyl (C=O) groups excluding carboxylic acids is 1. The number of nitrogens with one attached hydrogen (secondary N) is 1. The van der Waals surface area contributed by atoms with Crippen molar-refractivity contribution >= 4 is 23.3 Å². The van der Waals surface area contributed by atoms with E-state index in [1.165, 1.54) is 12.8 Å². The number of halogens is 1. The maximum atomic E-state index is 12.8. The SMILES string of the molecule is CCCCN(C)C[C@@H]1[C@H](CC)CN(C(=O)Nc2cccc(Cl)c2)[C@@H]1CO. The van der Waals surface area contributed by atoms with E-state index in [4.69, 9.17) is 11.6 Å². The highest BCUT2D eigenvalue weighted by Crippen LogP contribution is 2.33. The van der Waals surface area contributed by atoms with E-state index in [-0.39, 0.29) is 24.6 Å². The van der Waals surface area contributed by atoms with Crippen molar-refractivity contribution in [2.45, 2.75) is 39.2 Å². The molecule has 146 valence electrons. The van der Waals surface area contributed by atoms with E-state index in [0.717, 1.165) is 19.5 Å². The summed E-state index contributed by atoms with van der Waals surface area (Å²) in [6.45, 7) is 6.99. The van der Waals surface area contributed by atoms with E-state index in [2.05, 4.69) is 31.1 Å². The van der Waals surface area contributed by atoms with Gasteiger partial charge in [-0.05, 0) is 50.0 Å². The first-order valence-electron chi connectivity index (χ1n) is 9.62. The lowest BCUT2D eigenvalue weighted by molar-refractivity contribution is 0.130. The summed E-state index contributed by atoms with van der Waals surface area (Å²) in [6.07, 6.45) is 3.34. The summed E-state index contributed by atoms with van der Waals surface area (Å²) in [4.78, 5) is 16.9. The summed E-state index contributed by atoms with van der Waals surface area (Å²) in [5.41, 5.74) is 0.677. The van der Waals surface area contributed by atoms with Crippen molar-refractivity contribution < 1.29 is 9.90 Å². The summed E-state index contributed by atoms with van der Waals surface area (Å²) >= 11 is 6.00. The Morgan fingerprint density at radius 3 is 2.81 bits per heavy atom. The number of anilines is 1. The number of aliphatic hydroxyl groups is 1. The first-order chi connectivity index (χ1) is 12.5. The molecule has 2 rings (SSSR count). The average molecular weight is 382 g/mol. The number of unbranched alkanes of at least 4 members (excludes halogenated alkanes) is 1. The van der Waals surface area contributed by atoms with Crippen LogP contribution < -0.4 is 5.32 Å². The molecular weight excluding hydrogens is 350 g/mol. The van der Waals surface area contributed by atoms with Crippen LogP contribution in [0, 0.1) is 11.8 Å². The van der Waals surface area contributed by atoms with Crippen molar-refractivity contribution in [1.82, 2.24) is 9.80 Å². The molecule has 0 bridgehead atoms. The number of rotatable bonds is 8. The second-order valence-electron chi connectivity index (χ2n) is 7.29. The maximum Gasteiger partial charge on any atom is 0.322 e. The fourth-order valence-electron chi connectivity index (χ4n) is 3.88. The molecule has 6 heteroatoms. The van der Waals surface area contributed by atoms with Crippen molar-refractivity contribution in [2.24, 2.45) is 11.8 Å². The van der Waals surface area contributed by atoms with E-state index in [1.54, 1.807) is 17.0 Å². The third-order valence-corrected chi connectivity index (χ3v) is 5.63. The molecule has 1 aromatic carbocycles. The van der Waals surface area contributed by atoms with E-state index in [1.807, 2.05) is 12.1 Å². The highest BCUT2D eigenvalue weighted by atomic mass is 35.5. The van der Waals surface area contributed by atoms with E-state index in [9.17, 15) is 9.90 Å². The Bertz CT molecular complexity index is 584. The predicted molar refractivity (Wildman–Crippen MR) is 108 cm³/mol. The minimum atomic E-state index is -0.163. The third-order valence-electron chi connectivity index (χ3n) is 5.40. The number of aliphatic hydroxyl groups excluding tert-OH is 1. The number of carbonyl (C=O) groups is 1. The van der Waals surface area contributed by atoms with Crippen LogP contribution in [0.3, 0.4) is 0 Å². The first kappa shape index (κ1) is 21.0. The minimum Gasteiger partial charge on any atom is -0.394 e. The van der Waals surface area contributed by atoms with Crippen LogP contribution in [-0.4, -0.2) is 60.3 Å². The molecule has 1 fully saturated rings. The Kier molecular flexibility index (Phi) is 8.19. The predicted octanol–water partition coefficient (Wildman–Crippen LogP) is 3.92. The molecule has 2 amide bonds. The molecule has 0 unspecified atom stereocenters. The summed E-state index contributed by atoms with van der Waals surface area (Å²) in [6, 6.07) is 6.83.